The van der Waals surface area contributed by atoms with Crippen LogP contribution in [0.15, 0.2) is 42.5 Å². The molecule has 0 saturated carbocycles. The number of aryl methyl sites for hydroxylation is 1. The van der Waals surface area contributed by atoms with Crippen LogP contribution in [-0.2, 0) is 6.42 Å². The second-order valence-corrected chi connectivity index (χ2v) is 5.57. The third kappa shape index (κ3) is 4.05. The molecular formula is C18H21ClFN. The fourth-order valence-corrected chi connectivity index (χ4v) is 2.52. The molecule has 0 bridgehead atoms. The molecule has 0 amide bonds. The number of halogens is 2. The van der Waals surface area contributed by atoms with E-state index in [1.165, 1.54) is 11.6 Å². The monoisotopic (exact) mass is 305 g/mol. The topological polar surface area (TPSA) is 12.0 Å². The summed E-state index contributed by atoms with van der Waals surface area (Å²) in [5.74, 6) is -0.371. The zero-order valence-electron chi connectivity index (χ0n) is 12.5. The van der Waals surface area contributed by atoms with Crippen LogP contribution in [0.2, 0.25) is 5.02 Å². The minimum absolute atomic E-state index is 0.0109. The molecule has 1 nitrogen and oxygen atoms in total. The first kappa shape index (κ1) is 16.0. The largest absolute Gasteiger partial charge is 0.306 e. The first-order valence-electron chi connectivity index (χ1n) is 7.42. The molecule has 0 heterocycles. The SMILES string of the molecule is CCCNC(c1cccc(CC)c1)c1ccc(Cl)c(F)c1. The molecule has 2 aromatic carbocycles. The van der Waals surface area contributed by atoms with Gasteiger partial charge in [-0.05, 0) is 48.2 Å². The highest BCUT2D eigenvalue weighted by molar-refractivity contribution is 6.30. The fourth-order valence-electron chi connectivity index (χ4n) is 2.40. The van der Waals surface area contributed by atoms with Gasteiger partial charge in [-0.15, -0.1) is 0 Å². The predicted octanol–water partition coefficient (Wildman–Crippen LogP) is 5.13. The number of benzene rings is 2. The van der Waals surface area contributed by atoms with E-state index in [1.807, 2.05) is 6.07 Å². The summed E-state index contributed by atoms with van der Waals surface area (Å²) in [4.78, 5) is 0. The Bertz CT molecular complexity index is 598. The Morgan fingerprint density at radius 1 is 1.10 bits per heavy atom. The Kier molecular flexibility index (Phi) is 5.77. The summed E-state index contributed by atoms with van der Waals surface area (Å²) in [5, 5.41) is 3.65. The molecule has 0 radical (unpaired) electrons. The van der Waals surface area contributed by atoms with Crippen molar-refractivity contribution in [3.8, 4) is 0 Å². The summed E-state index contributed by atoms with van der Waals surface area (Å²) in [5.41, 5.74) is 3.34. The third-order valence-electron chi connectivity index (χ3n) is 3.57. The van der Waals surface area contributed by atoms with Crippen molar-refractivity contribution in [2.24, 2.45) is 0 Å². The van der Waals surface area contributed by atoms with Crippen LogP contribution in [0.3, 0.4) is 0 Å². The third-order valence-corrected chi connectivity index (χ3v) is 3.87. The molecule has 1 unspecified atom stereocenters. The van der Waals surface area contributed by atoms with E-state index in [-0.39, 0.29) is 16.9 Å². The van der Waals surface area contributed by atoms with Crippen LogP contribution in [0.5, 0.6) is 0 Å². The minimum Gasteiger partial charge on any atom is -0.306 e. The maximum absolute atomic E-state index is 13.8. The van der Waals surface area contributed by atoms with Gasteiger partial charge in [0.05, 0.1) is 11.1 Å². The van der Waals surface area contributed by atoms with Gasteiger partial charge in [0, 0.05) is 0 Å². The summed E-state index contributed by atoms with van der Waals surface area (Å²) in [7, 11) is 0. The Labute approximate surface area is 131 Å². The molecule has 0 fully saturated rings. The Balaban J connectivity index is 2.38. The van der Waals surface area contributed by atoms with Crippen molar-refractivity contribution in [2.75, 3.05) is 6.54 Å². The molecule has 0 aromatic heterocycles. The number of hydrogen-bond donors (Lipinski definition) is 1. The van der Waals surface area contributed by atoms with Gasteiger partial charge in [0.15, 0.2) is 0 Å². The highest BCUT2D eigenvalue weighted by Crippen LogP contribution is 2.26. The van der Waals surface area contributed by atoms with Gasteiger partial charge in [-0.25, -0.2) is 4.39 Å². The molecule has 0 spiro atoms. The lowest BCUT2D eigenvalue weighted by Gasteiger charge is -2.20. The first-order valence-corrected chi connectivity index (χ1v) is 7.80. The van der Waals surface area contributed by atoms with E-state index in [1.54, 1.807) is 6.07 Å². The lowest BCUT2D eigenvalue weighted by molar-refractivity contribution is 0.585. The Morgan fingerprint density at radius 3 is 2.52 bits per heavy atom. The molecule has 0 aliphatic carbocycles. The smallest absolute Gasteiger partial charge is 0.142 e. The second-order valence-electron chi connectivity index (χ2n) is 5.16. The average Bonchev–Trinajstić information content (AvgIpc) is 2.51. The molecule has 21 heavy (non-hydrogen) atoms. The number of hydrogen-bond acceptors (Lipinski definition) is 1. The van der Waals surface area contributed by atoms with Crippen LogP contribution in [0.25, 0.3) is 0 Å². The molecule has 2 rings (SSSR count). The molecule has 112 valence electrons. The van der Waals surface area contributed by atoms with Gasteiger partial charge in [0.1, 0.15) is 5.82 Å². The van der Waals surface area contributed by atoms with Gasteiger partial charge < -0.3 is 5.32 Å². The zero-order valence-corrected chi connectivity index (χ0v) is 13.3. The average molecular weight is 306 g/mol. The van der Waals surface area contributed by atoms with Gasteiger partial charge in [-0.3, -0.25) is 0 Å². The predicted molar refractivity (Wildman–Crippen MR) is 87.4 cm³/mol. The Morgan fingerprint density at radius 2 is 1.86 bits per heavy atom. The summed E-state index contributed by atoms with van der Waals surface area (Å²) >= 11 is 5.79. The molecule has 1 atom stereocenters. The van der Waals surface area contributed by atoms with Gasteiger partial charge in [-0.1, -0.05) is 55.8 Å². The normalized spacial score (nSPS) is 12.4. The molecule has 0 aliphatic rings. The van der Waals surface area contributed by atoms with E-state index in [4.69, 9.17) is 11.6 Å². The van der Waals surface area contributed by atoms with Gasteiger partial charge in [-0.2, -0.15) is 0 Å². The summed E-state index contributed by atoms with van der Waals surface area (Å²) in [6.07, 6.45) is 2.02. The molecule has 1 N–H and O–H groups in total. The van der Waals surface area contributed by atoms with E-state index in [9.17, 15) is 4.39 Å². The van der Waals surface area contributed by atoms with Crippen LogP contribution < -0.4 is 5.32 Å². The van der Waals surface area contributed by atoms with Crippen molar-refractivity contribution >= 4 is 11.6 Å². The van der Waals surface area contributed by atoms with E-state index < -0.39 is 0 Å². The zero-order chi connectivity index (χ0) is 15.2. The van der Waals surface area contributed by atoms with Crippen molar-refractivity contribution in [3.05, 3.63) is 70.0 Å². The van der Waals surface area contributed by atoms with E-state index >= 15 is 0 Å². The highest BCUT2D eigenvalue weighted by atomic mass is 35.5. The molecule has 2 aromatic rings. The maximum atomic E-state index is 13.8. The lowest BCUT2D eigenvalue weighted by atomic mass is 9.96. The van der Waals surface area contributed by atoms with Crippen LogP contribution in [-0.4, -0.2) is 6.54 Å². The van der Waals surface area contributed by atoms with Crippen molar-refractivity contribution in [2.45, 2.75) is 32.7 Å². The van der Waals surface area contributed by atoms with Crippen LogP contribution in [0.1, 0.15) is 43.0 Å². The van der Waals surface area contributed by atoms with E-state index in [0.29, 0.717) is 0 Å². The van der Waals surface area contributed by atoms with Crippen molar-refractivity contribution < 1.29 is 4.39 Å². The van der Waals surface area contributed by atoms with Crippen LogP contribution >= 0.6 is 11.6 Å². The number of nitrogens with one attached hydrogen (secondary N) is 1. The number of rotatable bonds is 6. The van der Waals surface area contributed by atoms with E-state index in [0.717, 1.165) is 30.5 Å². The summed E-state index contributed by atoms with van der Waals surface area (Å²) in [6, 6.07) is 13.5. The minimum atomic E-state index is -0.371. The van der Waals surface area contributed by atoms with E-state index in [2.05, 4.69) is 43.4 Å². The highest BCUT2D eigenvalue weighted by Gasteiger charge is 2.15. The van der Waals surface area contributed by atoms with Gasteiger partial charge in [0.2, 0.25) is 0 Å². The van der Waals surface area contributed by atoms with Gasteiger partial charge >= 0.3 is 0 Å². The van der Waals surface area contributed by atoms with Gasteiger partial charge in [0.25, 0.3) is 0 Å². The van der Waals surface area contributed by atoms with Crippen molar-refractivity contribution in [3.63, 3.8) is 0 Å². The maximum Gasteiger partial charge on any atom is 0.142 e. The lowest BCUT2D eigenvalue weighted by Crippen LogP contribution is -2.23. The Hall–Kier alpha value is -1.38. The quantitative estimate of drug-likeness (QED) is 0.780. The summed E-state index contributed by atoms with van der Waals surface area (Å²) in [6.45, 7) is 5.13. The molecule has 0 saturated heterocycles. The summed E-state index contributed by atoms with van der Waals surface area (Å²) < 4.78 is 13.8. The molecule has 0 aliphatic heterocycles. The van der Waals surface area contributed by atoms with Crippen LogP contribution in [0.4, 0.5) is 4.39 Å². The van der Waals surface area contributed by atoms with Crippen molar-refractivity contribution in [1.29, 1.82) is 0 Å². The second kappa shape index (κ2) is 7.58. The molecular weight excluding hydrogens is 285 g/mol. The molecule has 3 heteroatoms. The van der Waals surface area contributed by atoms with Crippen molar-refractivity contribution in [1.82, 2.24) is 5.32 Å². The first-order chi connectivity index (χ1) is 10.2. The standard InChI is InChI=1S/C18H21ClFN/c1-3-10-21-18(14-7-5-6-13(4-2)11-14)15-8-9-16(19)17(20)12-15/h5-9,11-12,18,21H,3-4,10H2,1-2H3. The van der Waals surface area contributed by atoms with Crippen LogP contribution in [0, 0.1) is 5.82 Å². The fraction of sp³-hybridized carbons (Fsp3) is 0.333.